The quantitative estimate of drug-likeness (QED) is 0.712. The summed E-state index contributed by atoms with van der Waals surface area (Å²) < 4.78 is 31.3. The highest BCUT2D eigenvalue weighted by atomic mass is 79.9. The van der Waals surface area contributed by atoms with Gasteiger partial charge in [-0.2, -0.15) is 0 Å². The van der Waals surface area contributed by atoms with Crippen molar-refractivity contribution in [1.82, 2.24) is 14.7 Å². The van der Waals surface area contributed by atoms with E-state index < -0.39 is 9.84 Å². The molecule has 0 saturated carbocycles. The minimum atomic E-state index is -2.91. The molecule has 2 aromatic rings. The lowest BCUT2D eigenvalue weighted by molar-refractivity contribution is 0.194. The van der Waals surface area contributed by atoms with E-state index in [1.54, 1.807) is 4.68 Å². The standard InChI is InChI=1S/C14H16BrN3O3S2/c1-17(12-6-7-23(19,20)8-12)9-18-14(22)21-13(16-18)10-2-4-11(15)5-3-10/h2-5,12H,6-9H2,1H3/t12-/m1/s1. The van der Waals surface area contributed by atoms with Crippen molar-refractivity contribution in [2.75, 3.05) is 18.6 Å². The molecule has 1 aliphatic heterocycles. The van der Waals surface area contributed by atoms with Crippen LogP contribution in [0.25, 0.3) is 11.5 Å². The van der Waals surface area contributed by atoms with E-state index in [0.717, 1.165) is 10.0 Å². The molecule has 0 N–H and O–H groups in total. The smallest absolute Gasteiger partial charge is 0.288 e. The number of hydrogen-bond donors (Lipinski definition) is 0. The fraction of sp³-hybridized carbons (Fsp3) is 0.429. The van der Waals surface area contributed by atoms with Crippen LogP contribution in [0.2, 0.25) is 0 Å². The largest absolute Gasteiger partial charge is 0.409 e. The summed E-state index contributed by atoms with van der Waals surface area (Å²) in [5.74, 6) is 0.889. The molecule has 2 heterocycles. The van der Waals surface area contributed by atoms with Crippen LogP contribution in [0.4, 0.5) is 0 Å². The van der Waals surface area contributed by atoms with Gasteiger partial charge in [-0.25, -0.2) is 13.1 Å². The second-order valence-corrected chi connectivity index (χ2v) is 9.13. The van der Waals surface area contributed by atoms with Gasteiger partial charge < -0.3 is 4.42 Å². The molecule has 1 aromatic carbocycles. The number of benzene rings is 1. The van der Waals surface area contributed by atoms with Crippen LogP contribution in [0.1, 0.15) is 6.42 Å². The van der Waals surface area contributed by atoms with Gasteiger partial charge in [0.25, 0.3) is 4.84 Å². The first kappa shape index (κ1) is 16.8. The van der Waals surface area contributed by atoms with E-state index in [2.05, 4.69) is 21.0 Å². The lowest BCUT2D eigenvalue weighted by atomic mass is 10.2. The van der Waals surface area contributed by atoms with E-state index >= 15 is 0 Å². The molecule has 23 heavy (non-hydrogen) atoms. The summed E-state index contributed by atoms with van der Waals surface area (Å²) in [6, 6.07) is 7.59. The lowest BCUT2D eigenvalue weighted by Crippen LogP contribution is -2.34. The van der Waals surface area contributed by atoms with E-state index in [1.807, 2.05) is 36.2 Å². The molecular weight excluding hydrogens is 402 g/mol. The first-order chi connectivity index (χ1) is 10.8. The summed E-state index contributed by atoms with van der Waals surface area (Å²) in [5.41, 5.74) is 0.837. The Bertz CT molecular complexity index is 858. The summed E-state index contributed by atoms with van der Waals surface area (Å²) in [4.78, 5) is 2.23. The Balaban J connectivity index is 1.76. The minimum absolute atomic E-state index is 0.00488. The third-order valence-electron chi connectivity index (χ3n) is 3.89. The molecule has 6 nitrogen and oxygen atoms in total. The van der Waals surface area contributed by atoms with E-state index in [4.69, 9.17) is 16.6 Å². The number of halogens is 1. The van der Waals surface area contributed by atoms with Crippen molar-refractivity contribution in [2.24, 2.45) is 0 Å². The molecule has 0 amide bonds. The van der Waals surface area contributed by atoms with Gasteiger partial charge in [-0.3, -0.25) is 4.90 Å². The first-order valence-corrected chi connectivity index (χ1v) is 10.1. The van der Waals surface area contributed by atoms with E-state index in [-0.39, 0.29) is 22.4 Å². The van der Waals surface area contributed by atoms with E-state index in [1.165, 1.54) is 0 Å². The topological polar surface area (TPSA) is 68.3 Å². The fourth-order valence-corrected chi connectivity index (χ4v) is 4.80. The predicted octanol–water partition coefficient (Wildman–Crippen LogP) is 2.71. The van der Waals surface area contributed by atoms with Crippen LogP contribution in [0.15, 0.2) is 33.2 Å². The van der Waals surface area contributed by atoms with Gasteiger partial charge in [-0.15, -0.1) is 5.10 Å². The van der Waals surface area contributed by atoms with Crippen LogP contribution in [0.5, 0.6) is 0 Å². The fourth-order valence-electron chi connectivity index (χ4n) is 2.55. The van der Waals surface area contributed by atoms with Crippen LogP contribution in [-0.2, 0) is 16.5 Å². The Labute approximate surface area is 148 Å². The minimum Gasteiger partial charge on any atom is -0.409 e. The zero-order chi connectivity index (χ0) is 16.6. The molecule has 1 aromatic heterocycles. The first-order valence-electron chi connectivity index (χ1n) is 7.08. The number of sulfone groups is 1. The Morgan fingerprint density at radius 3 is 2.74 bits per heavy atom. The Morgan fingerprint density at radius 2 is 2.13 bits per heavy atom. The summed E-state index contributed by atoms with van der Waals surface area (Å²) in [7, 11) is -1.03. The SMILES string of the molecule is CN(Cn1nc(-c2ccc(Br)cc2)oc1=S)[C@@H]1CCS(=O)(=O)C1. The summed E-state index contributed by atoms with van der Waals surface area (Å²) in [6.07, 6.45) is 0.642. The molecule has 9 heteroatoms. The number of hydrogen-bond acceptors (Lipinski definition) is 6. The normalized spacial score (nSPS) is 20.2. The zero-order valence-corrected chi connectivity index (χ0v) is 15.7. The number of aromatic nitrogens is 2. The predicted molar refractivity (Wildman–Crippen MR) is 93.3 cm³/mol. The number of nitrogens with zero attached hydrogens (tertiary/aromatic N) is 3. The molecule has 124 valence electrons. The highest BCUT2D eigenvalue weighted by Gasteiger charge is 2.30. The van der Waals surface area contributed by atoms with Crippen molar-refractivity contribution in [3.8, 4) is 11.5 Å². The third-order valence-corrected chi connectivity index (χ3v) is 6.46. The summed E-state index contributed by atoms with van der Waals surface area (Å²) in [6.45, 7) is 0.402. The van der Waals surface area contributed by atoms with Gasteiger partial charge in [0, 0.05) is 16.1 Å². The number of rotatable bonds is 4. The Hall–Kier alpha value is -1.03. The van der Waals surface area contributed by atoms with Gasteiger partial charge in [0.05, 0.1) is 18.2 Å². The van der Waals surface area contributed by atoms with E-state index in [0.29, 0.717) is 19.0 Å². The van der Waals surface area contributed by atoms with Gasteiger partial charge in [0.2, 0.25) is 5.89 Å². The summed E-state index contributed by atoms with van der Waals surface area (Å²) >= 11 is 8.60. The monoisotopic (exact) mass is 417 g/mol. The molecule has 0 aliphatic carbocycles. The molecular formula is C14H16BrN3O3S2. The molecule has 1 aliphatic rings. The maximum Gasteiger partial charge on any atom is 0.288 e. The third kappa shape index (κ3) is 3.90. The molecule has 0 radical (unpaired) electrons. The maximum atomic E-state index is 11.6. The van der Waals surface area contributed by atoms with Gasteiger partial charge in [0.1, 0.15) is 0 Å². The van der Waals surface area contributed by atoms with Crippen molar-refractivity contribution in [3.63, 3.8) is 0 Å². The van der Waals surface area contributed by atoms with Crippen molar-refractivity contribution in [3.05, 3.63) is 33.6 Å². The molecule has 3 rings (SSSR count). The van der Waals surface area contributed by atoms with Crippen molar-refractivity contribution >= 4 is 38.0 Å². The van der Waals surface area contributed by atoms with Crippen LogP contribution in [0, 0.1) is 4.84 Å². The Morgan fingerprint density at radius 1 is 1.43 bits per heavy atom. The van der Waals surface area contributed by atoms with Crippen LogP contribution >= 0.6 is 28.1 Å². The van der Waals surface area contributed by atoms with Gasteiger partial charge in [0.15, 0.2) is 9.84 Å². The van der Waals surface area contributed by atoms with Gasteiger partial charge >= 0.3 is 0 Å². The molecule has 1 saturated heterocycles. The van der Waals surface area contributed by atoms with Gasteiger partial charge in [-0.1, -0.05) is 15.9 Å². The highest BCUT2D eigenvalue weighted by Crippen LogP contribution is 2.21. The van der Waals surface area contributed by atoms with Crippen LogP contribution in [0.3, 0.4) is 0 Å². The molecule has 1 atom stereocenters. The zero-order valence-electron chi connectivity index (χ0n) is 12.5. The Kier molecular flexibility index (Phi) is 4.73. The molecule has 0 unspecified atom stereocenters. The second kappa shape index (κ2) is 6.46. The van der Waals surface area contributed by atoms with Crippen LogP contribution in [-0.4, -0.2) is 47.7 Å². The average Bonchev–Trinajstić information content (AvgIpc) is 3.03. The molecule has 0 spiro atoms. The van der Waals surface area contributed by atoms with Crippen molar-refractivity contribution in [1.29, 1.82) is 0 Å². The second-order valence-electron chi connectivity index (χ2n) is 5.63. The lowest BCUT2D eigenvalue weighted by Gasteiger charge is -2.22. The molecule has 1 fully saturated rings. The average molecular weight is 418 g/mol. The summed E-state index contributed by atoms with van der Waals surface area (Å²) in [5, 5.41) is 4.40. The van der Waals surface area contributed by atoms with Crippen molar-refractivity contribution in [2.45, 2.75) is 19.1 Å². The molecule has 0 bridgehead atoms. The van der Waals surface area contributed by atoms with Gasteiger partial charge in [-0.05, 0) is 50.0 Å². The highest BCUT2D eigenvalue weighted by molar-refractivity contribution is 9.10. The van der Waals surface area contributed by atoms with Crippen molar-refractivity contribution < 1.29 is 12.8 Å². The van der Waals surface area contributed by atoms with Crippen LogP contribution < -0.4 is 0 Å². The van der Waals surface area contributed by atoms with E-state index in [9.17, 15) is 8.42 Å². The maximum absolute atomic E-state index is 11.6.